The first-order valence-corrected chi connectivity index (χ1v) is 6.69. The van der Waals surface area contributed by atoms with Gasteiger partial charge >= 0.3 is 0 Å². The van der Waals surface area contributed by atoms with E-state index in [0.717, 1.165) is 50.7 Å². The van der Waals surface area contributed by atoms with E-state index in [2.05, 4.69) is 0 Å². The van der Waals surface area contributed by atoms with E-state index in [-0.39, 0.29) is 5.78 Å². The van der Waals surface area contributed by atoms with Crippen LogP contribution >= 0.6 is 0 Å². The summed E-state index contributed by atoms with van der Waals surface area (Å²) in [5, 5.41) is 0. The van der Waals surface area contributed by atoms with Gasteiger partial charge in [0.25, 0.3) is 0 Å². The van der Waals surface area contributed by atoms with Crippen molar-refractivity contribution < 1.29 is 14.3 Å². The van der Waals surface area contributed by atoms with E-state index in [9.17, 15) is 4.79 Å². The smallest absolute Gasteiger partial charge is 0.193 e. The van der Waals surface area contributed by atoms with Crippen LogP contribution in [0.2, 0.25) is 0 Å². The highest BCUT2D eigenvalue weighted by molar-refractivity contribution is 6.01. The van der Waals surface area contributed by atoms with Gasteiger partial charge in [0, 0.05) is 12.7 Å². The second kappa shape index (κ2) is 5.67. The van der Waals surface area contributed by atoms with E-state index in [0.29, 0.717) is 0 Å². The minimum atomic E-state index is -0.566. The average Bonchev–Trinajstić information content (AvgIpc) is 2.65. The molecule has 0 saturated heterocycles. The Morgan fingerprint density at radius 1 is 1.24 bits per heavy atom. The molecule has 3 nitrogen and oxygen atoms in total. The van der Waals surface area contributed by atoms with Crippen LogP contribution in [0.5, 0.6) is 0 Å². The quantitative estimate of drug-likeness (QED) is 0.709. The molecule has 0 amide bonds. The van der Waals surface area contributed by atoms with Gasteiger partial charge in [-0.3, -0.25) is 4.79 Å². The highest BCUT2D eigenvalue weighted by atomic mass is 16.5. The first-order valence-electron chi connectivity index (χ1n) is 6.69. The fourth-order valence-corrected chi connectivity index (χ4v) is 2.85. The Morgan fingerprint density at radius 2 is 1.94 bits per heavy atom. The van der Waals surface area contributed by atoms with Gasteiger partial charge < -0.3 is 9.47 Å². The van der Waals surface area contributed by atoms with Crippen LogP contribution in [0.1, 0.15) is 51.4 Å². The number of hydrogen-bond acceptors (Lipinski definition) is 3. The van der Waals surface area contributed by atoms with Gasteiger partial charge in [-0.25, -0.2) is 0 Å². The van der Waals surface area contributed by atoms with Crippen LogP contribution < -0.4 is 0 Å². The summed E-state index contributed by atoms with van der Waals surface area (Å²) in [5.74, 6) is 0.168. The maximum absolute atomic E-state index is 12.6. The molecule has 2 rings (SSSR count). The fraction of sp³-hybridized carbons (Fsp3) is 0.786. The third-order valence-electron chi connectivity index (χ3n) is 3.94. The van der Waals surface area contributed by atoms with E-state index in [1.807, 2.05) is 0 Å². The highest BCUT2D eigenvalue weighted by Gasteiger charge is 2.40. The zero-order chi connectivity index (χ0) is 12.1. The highest BCUT2D eigenvalue weighted by Crippen LogP contribution is 2.34. The van der Waals surface area contributed by atoms with Gasteiger partial charge in [0.2, 0.25) is 0 Å². The van der Waals surface area contributed by atoms with Crippen molar-refractivity contribution in [1.82, 2.24) is 0 Å². The molecule has 0 atom stereocenters. The summed E-state index contributed by atoms with van der Waals surface area (Å²) in [6.45, 7) is 0.733. The molecule has 1 aliphatic carbocycles. The standard InChI is InChI=1S/C14H22O3/c1-16-14(8-4-2-3-5-9-14)13(15)12-7-6-10-17-11-12/h11H,2-10H2,1H3. The third-order valence-corrected chi connectivity index (χ3v) is 3.94. The van der Waals surface area contributed by atoms with E-state index in [4.69, 9.17) is 9.47 Å². The molecule has 1 fully saturated rings. The summed E-state index contributed by atoms with van der Waals surface area (Å²) in [7, 11) is 1.67. The number of hydrogen-bond donors (Lipinski definition) is 0. The molecule has 0 aromatic heterocycles. The minimum absolute atomic E-state index is 0.168. The van der Waals surface area contributed by atoms with Gasteiger partial charge in [-0.1, -0.05) is 25.7 Å². The third kappa shape index (κ3) is 2.71. The Bertz CT molecular complexity index is 299. The normalized spacial score (nSPS) is 24.4. The van der Waals surface area contributed by atoms with Crippen molar-refractivity contribution in [3.63, 3.8) is 0 Å². The SMILES string of the molecule is COC1(C(=O)C2=COCCC2)CCCCCC1. The van der Waals surface area contributed by atoms with Crippen LogP contribution in [-0.2, 0) is 14.3 Å². The summed E-state index contributed by atoms with van der Waals surface area (Å²) in [6.07, 6.45) is 9.77. The molecule has 17 heavy (non-hydrogen) atoms. The van der Waals surface area contributed by atoms with E-state index >= 15 is 0 Å². The number of methoxy groups -OCH3 is 1. The van der Waals surface area contributed by atoms with Crippen molar-refractivity contribution in [3.05, 3.63) is 11.8 Å². The minimum Gasteiger partial charge on any atom is -0.501 e. The maximum Gasteiger partial charge on any atom is 0.193 e. The average molecular weight is 238 g/mol. The molecular weight excluding hydrogens is 216 g/mol. The van der Waals surface area contributed by atoms with Gasteiger partial charge in [0.05, 0.1) is 12.9 Å². The monoisotopic (exact) mass is 238 g/mol. The Labute approximate surface area is 103 Å². The van der Waals surface area contributed by atoms with Crippen molar-refractivity contribution in [1.29, 1.82) is 0 Å². The van der Waals surface area contributed by atoms with Crippen molar-refractivity contribution in [2.45, 2.75) is 57.0 Å². The van der Waals surface area contributed by atoms with Crippen molar-refractivity contribution in [2.75, 3.05) is 13.7 Å². The van der Waals surface area contributed by atoms with Crippen LogP contribution in [0.15, 0.2) is 11.8 Å². The molecule has 96 valence electrons. The molecule has 0 unspecified atom stereocenters. The molecule has 1 aliphatic heterocycles. The van der Waals surface area contributed by atoms with Crippen molar-refractivity contribution >= 4 is 5.78 Å². The zero-order valence-corrected chi connectivity index (χ0v) is 10.7. The van der Waals surface area contributed by atoms with Crippen LogP contribution in [0.3, 0.4) is 0 Å². The van der Waals surface area contributed by atoms with Crippen LogP contribution in [-0.4, -0.2) is 25.1 Å². The molecule has 0 aromatic rings. The van der Waals surface area contributed by atoms with E-state index in [1.54, 1.807) is 13.4 Å². The maximum atomic E-state index is 12.6. The predicted molar refractivity (Wildman–Crippen MR) is 65.7 cm³/mol. The largest absolute Gasteiger partial charge is 0.501 e. The molecule has 1 heterocycles. The fourth-order valence-electron chi connectivity index (χ4n) is 2.85. The molecule has 2 aliphatic rings. The summed E-state index contributed by atoms with van der Waals surface area (Å²) in [5.41, 5.74) is 0.253. The first-order chi connectivity index (χ1) is 8.28. The number of Topliss-reactive ketones (excluding diaryl/α,β-unsaturated/α-hetero) is 1. The Balaban J connectivity index is 2.15. The molecule has 0 radical (unpaired) electrons. The van der Waals surface area contributed by atoms with Gasteiger partial charge in [-0.05, 0) is 25.7 Å². The number of rotatable bonds is 3. The predicted octanol–water partition coefficient (Wildman–Crippen LogP) is 2.99. The van der Waals surface area contributed by atoms with Gasteiger partial charge in [0.15, 0.2) is 5.78 Å². The lowest BCUT2D eigenvalue weighted by Gasteiger charge is -2.31. The molecular formula is C14H22O3. The van der Waals surface area contributed by atoms with Gasteiger partial charge in [0.1, 0.15) is 5.60 Å². The topological polar surface area (TPSA) is 35.5 Å². The number of ketones is 1. The van der Waals surface area contributed by atoms with Gasteiger partial charge in [-0.15, -0.1) is 0 Å². The molecule has 0 bridgehead atoms. The lowest BCUT2D eigenvalue weighted by Crippen LogP contribution is -2.41. The molecule has 0 aromatic carbocycles. The molecule has 1 saturated carbocycles. The summed E-state index contributed by atoms with van der Waals surface area (Å²) in [4.78, 5) is 12.6. The Hall–Kier alpha value is -0.830. The Morgan fingerprint density at radius 3 is 2.47 bits per heavy atom. The lowest BCUT2D eigenvalue weighted by atomic mass is 9.84. The molecule has 0 N–H and O–H groups in total. The molecule has 0 spiro atoms. The Kier molecular flexibility index (Phi) is 4.21. The summed E-state index contributed by atoms with van der Waals surface area (Å²) in [6, 6.07) is 0. The number of carbonyl (C=O) groups excluding carboxylic acids is 1. The van der Waals surface area contributed by atoms with E-state index in [1.165, 1.54) is 12.8 Å². The van der Waals surface area contributed by atoms with Crippen molar-refractivity contribution in [2.24, 2.45) is 0 Å². The lowest BCUT2D eigenvalue weighted by molar-refractivity contribution is -0.139. The van der Waals surface area contributed by atoms with E-state index < -0.39 is 5.60 Å². The molecule has 3 heteroatoms. The van der Waals surface area contributed by atoms with Crippen molar-refractivity contribution in [3.8, 4) is 0 Å². The summed E-state index contributed by atoms with van der Waals surface area (Å²) >= 11 is 0. The summed E-state index contributed by atoms with van der Waals surface area (Å²) < 4.78 is 10.9. The number of carbonyl (C=O) groups is 1. The second-order valence-corrected chi connectivity index (χ2v) is 5.06. The number of ether oxygens (including phenoxy) is 2. The van der Waals surface area contributed by atoms with Crippen LogP contribution in [0.25, 0.3) is 0 Å². The zero-order valence-electron chi connectivity index (χ0n) is 10.7. The van der Waals surface area contributed by atoms with Gasteiger partial charge in [-0.2, -0.15) is 0 Å². The van der Waals surface area contributed by atoms with Crippen LogP contribution in [0.4, 0.5) is 0 Å². The van der Waals surface area contributed by atoms with Crippen LogP contribution in [0, 0.1) is 0 Å². The first kappa shape index (κ1) is 12.6. The second-order valence-electron chi connectivity index (χ2n) is 5.06.